The van der Waals surface area contributed by atoms with E-state index in [1.54, 1.807) is 0 Å². The van der Waals surface area contributed by atoms with Crippen molar-refractivity contribution >= 4 is 0 Å². The van der Waals surface area contributed by atoms with Crippen LogP contribution in [-0.2, 0) is 0 Å². The predicted molar refractivity (Wildman–Crippen MR) is 42.3 cm³/mol. The Labute approximate surface area is 67.2 Å². The van der Waals surface area contributed by atoms with E-state index in [0.717, 1.165) is 12.0 Å². The second-order valence-corrected chi connectivity index (χ2v) is 4.45. The minimum atomic E-state index is 0.258. The molecule has 0 aromatic rings. The fourth-order valence-electron chi connectivity index (χ4n) is 3.25. The first-order valence-electron chi connectivity index (χ1n) is 4.73. The molecule has 3 fully saturated rings. The Bertz CT molecular complexity index is 194. The molecule has 3 aliphatic rings. The zero-order chi connectivity index (χ0) is 7.47. The molecule has 0 bridgehead atoms. The number of fused-ring (bicyclic) bond motifs is 3. The highest BCUT2D eigenvalue weighted by atomic mass is 16.3. The van der Waals surface area contributed by atoms with Crippen LogP contribution in [0.2, 0.25) is 0 Å². The molecule has 2 aliphatic heterocycles. The highest BCUT2D eigenvalue weighted by molar-refractivity contribution is 5.15. The molecule has 3 rings (SSSR count). The summed E-state index contributed by atoms with van der Waals surface area (Å²) in [5.41, 5.74) is 0.258. The van der Waals surface area contributed by atoms with Crippen LogP contribution in [-0.4, -0.2) is 34.7 Å². The van der Waals surface area contributed by atoms with Crippen LogP contribution in [0.25, 0.3) is 0 Å². The summed E-state index contributed by atoms with van der Waals surface area (Å²) < 4.78 is 0. The summed E-state index contributed by atoms with van der Waals surface area (Å²) in [4.78, 5) is 2.58. The summed E-state index contributed by atoms with van der Waals surface area (Å²) in [5, 5.41) is 9.32. The predicted octanol–water partition coefficient (Wildman–Crippen LogP) is 0.605. The van der Waals surface area contributed by atoms with Gasteiger partial charge in [0.2, 0.25) is 0 Å². The van der Waals surface area contributed by atoms with Crippen LogP contribution < -0.4 is 0 Å². The molecule has 11 heavy (non-hydrogen) atoms. The minimum absolute atomic E-state index is 0.258. The van der Waals surface area contributed by atoms with Gasteiger partial charge in [-0.3, -0.25) is 4.90 Å². The van der Waals surface area contributed by atoms with Gasteiger partial charge in [-0.05, 0) is 38.1 Å². The van der Waals surface area contributed by atoms with Gasteiger partial charge in [-0.1, -0.05) is 0 Å². The summed E-state index contributed by atoms with van der Waals surface area (Å²) in [6.45, 7) is 1.65. The van der Waals surface area contributed by atoms with E-state index in [1.165, 1.54) is 32.2 Å². The lowest BCUT2D eigenvalue weighted by Crippen LogP contribution is -2.44. The van der Waals surface area contributed by atoms with Crippen molar-refractivity contribution in [1.82, 2.24) is 4.90 Å². The second kappa shape index (κ2) is 1.80. The average Bonchev–Trinajstić information content (AvgIpc) is 2.55. The Morgan fingerprint density at radius 1 is 1.55 bits per heavy atom. The third-order valence-corrected chi connectivity index (χ3v) is 3.87. The van der Waals surface area contributed by atoms with Gasteiger partial charge in [0.15, 0.2) is 0 Å². The molecule has 2 heterocycles. The first-order chi connectivity index (χ1) is 5.36. The molecule has 1 N–H and O–H groups in total. The van der Waals surface area contributed by atoms with Gasteiger partial charge in [-0.25, -0.2) is 0 Å². The molecule has 0 amide bonds. The van der Waals surface area contributed by atoms with Gasteiger partial charge < -0.3 is 5.11 Å². The van der Waals surface area contributed by atoms with Gasteiger partial charge >= 0.3 is 0 Å². The quantitative estimate of drug-likeness (QED) is 0.596. The average molecular weight is 153 g/mol. The Morgan fingerprint density at radius 2 is 2.45 bits per heavy atom. The maximum Gasteiger partial charge on any atom is 0.0615 e. The van der Waals surface area contributed by atoms with Crippen molar-refractivity contribution in [3.05, 3.63) is 0 Å². The molecule has 2 saturated heterocycles. The van der Waals surface area contributed by atoms with Crippen LogP contribution in [0.5, 0.6) is 0 Å². The van der Waals surface area contributed by atoms with E-state index in [-0.39, 0.29) is 5.54 Å². The number of hydrogen-bond acceptors (Lipinski definition) is 2. The molecular weight excluding hydrogens is 138 g/mol. The highest BCUT2D eigenvalue weighted by Gasteiger charge is 2.60. The summed E-state index contributed by atoms with van der Waals surface area (Å²) in [6.07, 6.45) is 5.26. The van der Waals surface area contributed by atoms with Crippen molar-refractivity contribution in [1.29, 1.82) is 0 Å². The van der Waals surface area contributed by atoms with Gasteiger partial charge in [0.25, 0.3) is 0 Å². The first-order valence-corrected chi connectivity index (χ1v) is 4.73. The third kappa shape index (κ3) is 0.651. The van der Waals surface area contributed by atoms with Crippen LogP contribution in [0, 0.1) is 5.92 Å². The van der Waals surface area contributed by atoms with Crippen molar-refractivity contribution in [2.45, 2.75) is 37.3 Å². The van der Waals surface area contributed by atoms with Crippen molar-refractivity contribution in [3.63, 3.8) is 0 Å². The molecular formula is C9H15NO. The lowest BCUT2D eigenvalue weighted by molar-refractivity contribution is 0.0794. The number of piperidine rings is 1. The van der Waals surface area contributed by atoms with Crippen LogP contribution in [0.3, 0.4) is 0 Å². The van der Waals surface area contributed by atoms with E-state index in [2.05, 4.69) is 4.90 Å². The standard InChI is InChI=1S/C9H15NO/c11-6-9-2-1-3-10(9)8-4-7(8)5-9/h7-8,11H,1-6H2/t7-,8-,9+/m0/s1. The molecule has 62 valence electrons. The smallest absolute Gasteiger partial charge is 0.0615 e. The lowest BCUT2D eigenvalue weighted by atomic mass is 9.93. The van der Waals surface area contributed by atoms with Crippen molar-refractivity contribution < 1.29 is 5.11 Å². The first kappa shape index (κ1) is 6.44. The van der Waals surface area contributed by atoms with Crippen molar-refractivity contribution in [2.24, 2.45) is 5.92 Å². The maximum atomic E-state index is 9.32. The van der Waals surface area contributed by atoms with Crippen LogP contribution in [0.4, 0.5) is 0 Å². The number of hydrogen-bond donors (Lipinski definition) is 1. The minimum Gasteiger partial charge on any atom is -0.394 e. The molecule has 0 unspecified atom stereocenters. The van der Waals surface area contributed by atoms with Crippen molar-refractivity contribution in [3.8, 4) is 0 Å². The molecule has 0 radical (unpaired) electrons. The number of aliphatic hydroxyl groups is 1. The van der Waals surface area contributed by atoms with E-state index >= 15 is 0 Å². The Balaban J connectivity index is 1.91. The zero-order valence-corrected chi connectivity index (χ0v) is 6.79. The second-order valence-electron chi connectivity index (χ2n) is 4.45. The summed E-state index contributed by atoms with van der Waals surface area (Å²) in [6, 6.07) is 0.879. The molecule has 0 aromatic carbocycles. The van der Waals surface area contributed by atoms with Gasteiger partial charge in [0.05, 0.1) is 6.61 Å². The topological polar surface area (TPSA) is 23.5 Å². The van der Waals surface area contributed by atoms with E-state index in [0.29, 0.717) is 6.61 Å². The molecule has 2 heteroatoms. The van der Waals surface area contributed by atoms with Crippen LogP contribution in [0.1, 0.15) is 25.7 Å². The molecule has 0 spiro atoms. The molecule has 3 atom stereocenters. The van der Waals surface area contributed by atoms with E-state index < -0.39 is 0 Å². The summed E-state index contributed by atoms with van der Waals surface area (Å²) >= 11 is 0. The number of nitrogens with zero attached hydrogens (tertiary/aromatic N) is 1. The van der Waals surface area contributed by atoms with E-state index in [9.17, 15) is 5.11 Å². The summed E-state index contributed by atoms with van der Waals surface area (Å²) in [7, 11) is 0. The molecule has 2 nitrogen and oxygen atoms in total. The Kier molecular flexibility index (Phi) is 1.06. The number of aliphatic hydroxyl groups excluding tert-OH is 1. The maximum absolute atomic E-state index is 9.32. The van der Waals surface area contributed by atoms with E-state index in [4.69, 9.17) is 0 Å². The third-order valence-electron chi connectivity index (χ3n) is 3.87. The largest absolute Gasteiger partial charge is 0.394 e. The Morgan fingerprint density at radius 3 is 3.18 bits per heavy atom. The highest BCUT2D eigenvalue weighted by Crippen LogP contribution is 2.56. The van der Waals surface area contributed by atoms with Crippen molar-refractivity contribution in [2.75, 3.05) is 13.2 Å². The van der Waals surface area contributed by atoms with E-state index in [1.807, 2.05) is 0 Å². The van der Waals surface area contributed by atoms with Crippen LogP contribution >= 0.6 is 0 Å². The SMILES string of the molecule is OC[C@]12CCCN1[C@H]1C[C@H]1C2. The number of rotatable bonds is 1. The molecule has 0 aromatic heterocycles. The molecule has 1 aliphatic carbocycles. The summed E-state index contributed by atoms with van der Waals surface area (Å²) in [5.74, 6) is 0.961. The lowest BCUT2D eigenvalue weighted by Gasteiger charge is -2.32. The Hall–Kier alpha value is -0.0800. The van der Waals surface area contributed by atoms with Gasteiger partial charge in [-0.15, -0.1) is 0 Å². The normalized spacial score (nSPS) is 54.3. The van der Waals surface area contributed by atoms with Gasteiger partial charge in [0, 0.05) is 11.6 Å². The van der Waals surface area contributed by atoms with Crippen LogP contribution in [0.15, 0.2) is 0 Å². The fraction of sp³-hybridized carbons (Fsp3) is 1.00. The van der Waals surface area contributed by atoms with Gasteiger partial charge in [0.1, 0.15) is 0 Å². The fourth-order valence-corrected chi connectivity index (χ4v) is 3.25. The van der Waals surface area contributed by atoms with Gasteiger partial charge in [-0.2, -0.15) is 0 Å². The molecule has 1 saturated carbocycles. The zero-order valence-electron chi connectivity index (χ0n) is 6.79. The monoisotopic (exact) mass is 153 g/mol.